The molecule has 2 heterocycles. The molecule has 1 atom stereocenters. The van der Waals surface area contributed by atoms with Crippen LogP contribution in [0.25, 0.3) is 0 Å². The van der Waals surface area contributed by atoms with Crippen molar-refractivity contribution in [3.05, 3.63) is 30.1 Å². The minimum absolute atomic E-state index is 0.250. The molecule has 82 valence electrons. The van der Waals surface area contributed by atoms with Crippen LogP contribution in [0.5, 0.6) is 0 Å². The van der Waals surface area contributed by atoms with E-state index in [4.69, 9.17) is 4.79 Å². The average Bonchev–Trinajstić information content (AvgIpc) is 2.67. The van der Waals surface area contributed by atoms with Crippen LogP contribution in [0, 0.1) is 0 Å². The molecule has 1 amide bonds. The fraction of sp³-hybridized carbons (Fsp3) is 0.455. The number of carbonyl (C=O) groups is 1. The van der Waals surface area contributed by atoms with Gasteiger partial charge in [0.2, 0.25) is 6.41 Å². The van der Waals surface area contributed by atoms with E-state index < -0.39 is 0 Å². The summed E-state index contributed by atoms with van der Waals surface area (Å²) in [4.78, 5) is 15.1. The number of nitrogens with zero attached hydrogens (tertiary/aromatic N) is 2. The van der Waals surface area contributed by atoms with E-state index in [2.05, 4.69) is 28.7 Å². The van der Waals surface area contributed by atoms with Gasteiger partial charge < -0.3 is 5.73 Å². The first-order chi connectivity index (χ1) is 7.29. The predicted molar refractivity (Wildman–Crippen MR) is 59.1 cm³/mol. The number of rotatable bonds is 1. The second-order valence-corrected chi connectivity index (χ2v) is 3.56. The van der Waals surface area contributed by atoms with Gasteiger partial charge in [-0.2, -0.15) is 0 Å². The highest BCUT2D eigenvalue weighted by atomic mass is 16.1. The fourth-order valence-electron chi connectivity index (χ4n) is 1.90. The van der Waals surface area contributed by atoms with Gasteiger partial charge in [-0.05, 0) is 38.1 Å². The summed E-state index contributed by atoms with van der Waals surface area (Å²) >= 11 is 0. The lowest BCUT2D eigenvalue weighted by Crippen LogP contribution is -2.17. The molecule has 1 aliphatic rings. The molecule has 0 radical (unpaired) electrons. The first-order valence-electron chi connectivity index (χ1n) is 5.05. The number of hydrogen-bond acceptors (Lipinski definition) is 3. The van der Waals surface area contributed by atoms with Crippen molar-refractivity contribution in [1.82, 2.24) is 9.88 Å². The summed E-state index contributed by atoms with van der Waals surface area (Å²) in [6, 6.07) is 4.79. The van der Waals surface area contributed by atoms with E-state index in [1.807, 2.05) is 18.5 Å². The van der Waals surface area contributed by atoms with Crippen LogP contribution in [0.3, 0.4) is 0 Å². The van der Waals surface area contributed by atoms with Gasteiger partial charge in [-0.3, -0.25) is 14.7 Å². The number of primary amides is 1. The topological polar surface area (TPSA) is 59.2 Å². The van der Waals surface area contributed by atoms with Crippen LogP contribution >= 0.6 is 0 Å². The maximum atomic E-state index is 8.58. The SMILES string of the molecule is CN1CCC[C@H]1c1cccnc1.NC=O. The molecule has 4 heteroatoms. The maximum Gasteiger partial charge on any atom is 0.204 e. The minimum Gasteiger partial charge on any atom is -0.372 e. The second kappa shape index (κ2) is 6.14. The van der Waals surface area contributed by atoms with Gasteiger partial charge in [-0.15, -0.1) is 0 Å². The largest absolute Gasteiger partial charge is 0.372 e. The Kier molecular flexibility index (Phi) is 4.77. The molecule has 0 aliphatic carbocycles. The summed E-state index contributed by atoms with van der Waals surface area (Å²) < 4.78 is 0. The Balaban J connectivity index is 0.000000337. The molecule has 0 spiro atoms. The van der Waals surface area contributed by atoms with Crippen LogP contribution in [0.1, 0.15) is 24.4 Å². The van der Waals surface area contributed by atoms with Crippen molar-refractivity contribution in [1.29, 1.82) is 0 Å². The lowest BCUT2D eigenvalue weighted by molar-refractivity contribution is -0.106. The van der Waals surface area contributed by atoms with Crippen LogP contribution in [-0.4, -0.2) is 29.9 Å². The molecular formula is C11H17N3O. The highest BCUT2D eigenvalue weighted by Gasteiger charge is 2.21. The summed E-state index contributed by atoms with van der Waals surface area (Å²) in [5.41, 5.74) is 5.53. The lowest BCUT2D eigenvalue weighted by atomic mass is 10.1. The lowest BCUT2D eigenvalue weighted by Gasteiger charge is -2.18. The summed E-state index contributed by atoms with van der Waals surface area (Å²) in [6.45, 7) is 1.22. The molecular weight excluding hydrogens is 190 g/mol. The van der Waals surface area contributed by atoms with Crippen LogP contribution in [-0.2, 0) is 4.79 Å². The Morgan fingerprint density at radius 3 is 2.87 bits per heavy atom. The summed E-state index contributed by atoms with van der Waals surface area (Å²) in [6.07, 6.45) is 6.66. The first-order valence-corrected chi connectivity index (χ1v) is 5.05. The third-order valence-electron chi connectivity index (χ3n) is 2.59. The molecule has 4 nitrogen and oxygen atoms in total. The third kappa shape index (κ3) is 3.32. The average molecular weight is 207 g/mol. The van der Waals surface area contributed by atoms with Crippen molar-refractivity contribution in [2.24, 2.45) is 5.73 Å². The zero-order valence-electron chi connectivity index (χ0n) is 8.97. The van der Waals surface area contributed by atoms with Gasteiger partial charge in [0.25, 0.3) is 0 Å². The Morgan fingerprint density at radius 1 is 1.67 bits per heavy atom. The van der Waals surface area contributed by atoms with Crippen LogP contribution in [0.2, 0.25) is 0 Å². The quantitative estimate of drug-likeness (QED) is 0.697. The number of likely N-dealkylation sites (tertiary alicyclic amines) is 1. The zero-order chi connectivity index (χ0) is 11.1. The highest BCUT2D eigenvalue weighted by Crippen LogP contribution is 2.29. The summed E-state index contributed by atoms with van der Waals surface area (Å²) in [7, 11) is 2.19. The van der Waals surface area contributed by atoms with E-state index >= 15 is 0 Å². The Hall–Kier alpha value is -1.42. The Morgan fingerprint density at radius 2 is 2.40 bits per heavy atom. The number of aromatic nitrogens is 1. The van der Waals surface area contributed by atoms with Crippen LogP contribution in [0.4, 0.5) is 0 Å². The summed E-state index contributed by atoms with van der Waals surface area (Å²) in [5.74, 6) is 0. The number of carbonyl (C=O) groups excluding carboxylic acids is 1. The van der Waals surface area contributed by atoms with Gasteiger partial charge in [0.05, 0.1) is 0 Å². The van der Waals surface area contributed by atoms with Crippen molar-refractivity contribution in [3.63, 3.8) is 0 Å². The van der Waals surface area contributed by atoms with Crippen molar-refractivity contribution in [3.8, 4) is 0 Å². The molecule has 0 saturated carbocycles. The molecule has 1 aromatic rings. The third-order valence-corrected chi connectivity index (χ3v) is 2.59. The van der Waals surface area contributed by atoms with Crippen LogP contribution < -0.4 is 5.73 Å². The molecule has 0 aromatic carbocycles. The minimum atomic E-state index is 0.250. The molecule has 1 fully saturated rings. The standard InChI is InChI=1S/C10H14N2.CH3NO/c1-12-7-3-5-10(12)9-4-2-6-11-8-9;2-1-3/h2,4,6,8,10H,3,5,7H2,1H3;1H,(H2,2,3)/t10-;/m0./s1. The molecule has 1 aromatic heterocycles. The molecule has 2 N–H and O–H groups in total. The number of amides is 1. The Bertz CT molecular complexity index is 289. The van der Waals surface area contributed by atoms with Crippen molar-refractivity contribution in [2.75, 3.05) is 13.6 Å². The van der Waals surface area contributed by atoms with Gasteiger partial charge in [-0.1, -0.05) is 6.07 Å². The summed E-state index contributed by atoms with van der Waals surface area (Å²) in [5, 5.41) is 0. The van der Waals surface area contributed by atoms with Crippen molar-refractivity contribution >= 4 is 6.41 Å². The second-order valence-electron chi connectivity index (χ2n) is 3.56. The van der Waals surface area contributed by atoms with E-state index in [0.29, 0.717) is 6.04 Å². The smallest absolute Gasteiger partial charge is 0.204 e. The highest BCUT2D eigenvalue weighted by molar-refractivity contribution is 5.42. The van der Waals surface area contributed by atoms with E-state index in [9.17, 15) is 0 Å². The van der Waals surface area contributed by atoms with E-state index in [1.165, 1.54) is 24.9 Å². The van der Waals surface area contributed by atoms with Crippen molar-refractivity contribution in [2.45, 2.75) is 18.9 Å². The molecule has 15 heavy (non-hydrogen) atoms. The predicted octanol–water partition coefficient (Wildman–Crippen LogP) is 0.950. The van der Waals surface area contributed by atoms with Gasteiger partial charge in [-0.25, -0.2) is 0 Å². The van der Waals surface area contributed by atoms with Gasteiger partial charge in [0.1, 0.15) is 0 Å². The molecule has 1 aliphatic heterocycles. The normalized spacial score (nSPS) is 20.5. The first kappa shape index (κ1) is 11.7. The fourth-order valence-corrected chi connectivity index (χ4v) is 1.90. The van der Waals surface area contributed by atoms with E-state index in [-0.39, 0.29) is 6.41 Å². The number of pyridine rings is 1. The monoisotopic (exact) mass is 207 g/mol. The Labute approximate surface area is 90.1 Å². The maximum absolute atomic E-state index is 8.58. The van der Waals surface area contributed by atoms with Crippen LogP contribution in [0.15, 0.2) is 24.5 Å². The van der Waals surface area contributed by atoms with E-state index in [0.717, 1.165) is 0 Å². The van der Waals surface area contributed by atoms with Crippen molar-refractivity contribution < 1.29 is 4.79 Å². The molecule has 2 rings (SSSR count). The molecule has 1 saturated heterocycles. The number of nitrogens with two attached hydrogens (primary N) is 1. The zero-order valence-corrected chi connectivity index (χ0v) is 8.97. The molecule has 0 unspecified atom stereocenters. The molecule has 0 bridgehead atoms. The van der Waals surface area contributed by atoms with Gasteiger partial charge >= 0.3 is 0 Å². The van der Waals surface area contributed by atoms with Gasteiger partial charge in [0, 0.05) is 18.4 Å². The van der Waals surface area contributed by atoms with E-state index in [1.54, 1.807) is 0 Å². The number of hydrogen-bond donors (Lipinski definition) is 1. The van der Waals surface area contributed by atoms with Gasteiger partial charge in [0.15, 0.2) is 0 Å².